The Morgan fingerprint density at radius 3 is 1.22 bits per heavy atom. The first kappa shape index (κ1) is 37.6. The normalized spacial score (nSPS) is 16.9. The van der Waals surface area contributed by atoms with E-state index in [1.54, 1.807) is 5.20 Å². The zero-order valence-electron chi connectivity index (χ0n) is 29.6. The maximum atomic E-state index is 7.24. The second-order valence-corrected chi connectivity index (χ2v) is 60.1. The Bertz CT molecular complexity index is 863. The quantitative estimate of drug-likeness (QED) is 0.205. The van der Waals surface area contributed by atoms with Gasteiger partial charge in [0.25, 0.3) is 0 Å². The Labute approximate surface area is 241 Å². The highest BCUT2D eigenvalue weighted by Gasteiger charge is 2.56. The lowest BCUT2D eigenvalue weighted by Gasteiger charge is -2.51. The second kappa shape index (κ2) is 11.1. The zero-order valence-corrected chi connectivity index (χ0v) is 35.6. The van der Waals surface area contributed by atoms with E-state index in [4.69, 9.17) is 4.43 Å². The average molecular weight is 613 g/mol. The molecule has 0 saturated carbocycles. The Morgan fingerprint density at radius 1 is 0.595 bits per heavy atom. The molecule has 0 heterocycles. The molecule has 1 nitrogen and oxygen atoms in total. The topological polar surface area (TPSA) is 9.23 Å². The molecule has 0 bridgehead atoms. The van der Waals surface area contributed by atoms with Gasteiger partial charge in [0.05, 0.1) is 29.4 Å². The lowest BCUT2D eigenvalue weighted by Crippen LogP contribution is -2.71. The fourth-order valence-electron chi connectivity index (χ4n) is 4.72. The molecule has 0 rings (SSSR count). The Kier molecular flexibility index (Phi) is 11.3. The Balaban J connectivity index is 8.18. The van der Waals surface area contributed by atoms with Crippen LogP contribution < -0.4 is 0 Å². The molecule has 37 heavy (non-hydrogen) atoms. The summed E-state index contributed by atoms with van der Waals surface area (Å²) < 4.78 is 7.24. The van der Waals surface area contributed by atoms with E-state index in [2.05, 4.69) is 164 Å². The van der Waals surface area contributed by atoms with Gasteiger partial charge in [0.2, 0.25) is 0 Å². The summed E-state index contributed by atoms with van der Waals surface area (Å²) in [6, 6.07) is 0. The van der Waals surface area contributed by atoms with Gasteiger partial charge in [-0.05, 0) is 35.1 Å². The van der Waals surface area contributed by atoms with Gasteiger partial charge in [0, 0.05) is 0 Å². The van der Waals surface area contributed by atoms with E-state index < -0.39 is 46.8 Å². The summed E-state index contributed by atoms with van der Waals surface area (Å²) in [5, 5.41) is 2.22. The van der Waals surface area contributed by atoms with E-state index in [9.17, 15) is 0 Å². The van der Waals surface area contributed by atoms with Crippen LogP contribution in [0.1, 0.15) is 62.3 Å². The minimum atomic E-state index is -2.10. The van der Waals surface area contributed by atoms with E-state index in [1.165, 1.54) is 0 Å². The summed E-state index contributed by atoms with van der Waals surface area (Å²) in [6.07, 6.45) is 0.161. The maximum Gasteiger partial charge on any atom is 0.184 e. The van der Waals surface area contributed by atoms with Crippen LogP contribution in [0.15, 0.2) is 10.9 Å². The molecule has 0 amide bonds. The van der Waals surface area contributed by atoms with Crippen molar-refractivity contribution in [2.24, 2.45) is 5.41 Å². The predicted octanol–water partition coefficient (Wildman–Crippen LogP) is 10.6. The summed E-state index contributed by atoms with van der Waals surface area (Å²) in [4.78, 5) is 0. The lowest BCUT2D eigenvalue weighted by atomic mass is 9.89. The van der Waals surface area contributed by atoms with Gasteiger partial charge in [-0.15, -0.1) is 11.1 Å². The molecule has 218 valence electrons. The van der Waals surface area contributed by atoms with Crippen LogP contribution >= 0.6 is 0 Å². The smallest absolute Gasteiger partial charge is 0.184 e. The summed E-state index contributed by atoms with van der Waals surface area (Å²) in [5.41, 5.74) is 11.5. The molecule has 0 aliphatic carbocycles. The zero-order chi connectivity index (χ0) is 30.5. The third-order valence-electron chi connectivity index (χ3n) is 9.32. The Morgan fingerprint density at radius 2 is 0.973 bits per heavy atom. The molecule has 0 saturated heterocycles. The highest BCUT2D eigenvalue weighted by molar-refractivity contribution is 7.73. The van der Waals surface area contributed by atoms with E-state index in [1.807, 2.05) is 0 Å². The standard InChI is InChI=1S/C30H68OSi6/c1-28(2,3)27(31-32(10,11)12)26(36(21,22)30(7,8)9)25-37(33(13,14)15,34(16,17)18)24-23-35(19,20)29(4,5)6/h25,27H,1-22H3/b26-25-. The first-order valence-electron chi connectivity index (χ1n) is 14.6. The van der Waals surface area contributed by atoms with Crippen molar-refractivity contribution in [3.63, 3.8) is 0 Å². The van der Waals surface area contributed by atoms with Crippen molar-refractivity contribution in [2.75, 3.05) is 0 Å². The molecule has 0 aromatic carbocycles. The molecule has 0 fully saturated rings. The molecule has 1 atom stereocenters. The van der Waals surface area contributed by atoms with Crippen molar-refractivity contribution in [3.8, 4) is 11.1 Å². The van der Waals surface area contributed by atoms with Crippen LogP contribution in [0.25, 0.3) is 0 Å². The van der Waals surface area contributed by atoms with Crippen LogP contribution in [-0.4, -0.2) is 52.9 Å². The summed E-state index contributed by atoms with van der Waals surface area (Å²) in [7, 11) is -10.8. The summed E-state index contributed by atoms with van der Waals surface area (Å²) >= 11 is 0. The molecule has 0 aliphatic heterocycles. The van der Waals surface area contributed by atoms with Crippen LogP contribution in [0.3, 0.4) is 0 Å². The average Bonchev–Trinajstić information content (AvgIpc) is 2.54. The van der Waals surface area contributed by atoms with Gasteiger partial charge in [0.15, 0.2) is 8.32 Å². The van der Waals surface area contributed by atoms with Crippen molar-refractivity contribution in [2.45, 2.75) is 164 Å². The molecule has 0 N–H and O–H groups in total. The fraction of sp³-hybridized carbons (Fsp3) is 0.867. The van der Waals surface area contributed by atoms with Gasteiger partial charge >= 0.3 is 0 Å². The second-order valence-electron chi connectivity index (χ2n) is 18.9. The van der Waals surface area contributed by atoms with Gasteiger partial charge in [-0.1, -0.05) is 139 Å². The van der Waals surface area contributed by atoms with Gasteiger partial charge in [0.1, 0.15) is 15.2 Å². The van der Waals surface area contributed by atoms with Gasteiger partial charge < -0.3 is 4.43 Å². The number of hydrogen-bond donors (Lipinski definition) is 0. The van der Waals surface area contributed by atoms with Crippen molar-refractivity contribution in [3.05, 3.63) is 10.9 Å². The van der Waals surface area contributed by atoms with Gasteiger partial charge in [-0.25, -0.2) is 0 Å². The van der Waals surface area contributed by atoms with E-state index >= 15 is 0 Å². The first-order chi connectivity index (χ1) is 15.6. The molecule has 0 spiro atoms. The predicted molar refractivity (Wildman–Crippen MR) is 190 cm³/mol. The van der Waals surface area contributed by atoms with Gasteiger partial charge in [-0.3, -0.25) is 0 Å². The van der Waals surface area contributed by atoms with E-state index in [-0.39, 0.29) is 21.6 Å². The molecular formula is C30H68OSi6. The van der Waals surface area contributed by atoms with Crippen LogP contribution in [-0.2, 0) is 4.43 Å². The molecule has 0 aliphatic rings. The molecule has 1 unspecified atom stereocenters. The number of rotatable bonds is 7. The highest BCUT2D eigenvalue weighted by Crippen LogP contribution is 2.47. The SMILES string of the molecule is CC(C)(C)C(O[Si](C)(C)C)/C(=C/[Si](C#C[Si](C)(C)C(C)(C)C)([Si](C)(C)C)[Si](C)(C)C)[Si](C)(C)C(C)(C)C. The highest BCUT2D eigenvalue weighted by atomic mass is 29.6. The van der Waals surface area contributed by atoms with Crippen LogP contribution in [0.2, 0.25) is 95.2 Å². The molecule has 0 radical (unpaired) electrons. The summed E-state index contributed by atoms with van der Waals surface area (Å²) in [6.45, 7) is 55.1. The minimum absolute atomic E-state index is 0.0491. The first-order valence-corrected chi connectivity index (χ1v) is 35.1. The number of hydrogen-bond acceptors (Lipinski definition) is 1. The summed E-state index contributed by atoms with van der Waals surface area (Å²) in [5.74, 6) is 0. The monoisotopic (exact) mass is 612 g/mol. The third-order valence-corrected chi connectivity index (χ3v) is 56.2. The van der Waals surface area contributed by atoms with Crippen molar-refractivity contribution in [1.29, 1.82) is 0 Å². The van der Waals surface area contributed by atoms with Crippen molar-refractivity contribution < 1.29 is 4.43 Å². The minimum Gasteiger partial charge on any atom is -0.411 e. The molecule has 0 aromatic rings. The van der Waals surface area contributed by atoms with E-state index in [0.717, 1.165) is 0 Å². The van der Waals surface area contributed by atoms with Gasteiger partial charge in [-0.2, -0.15) is 0 Å². The van der Waals surface area contributed by atoms with Crippen LogP contribution in [0.4, 0.5) is 0 Å². The fourth-order valence-corrected chi connectivity index (χ4v) is 51.9. The van der Waals surface area contributed by atoms with Crippen molar-refractivity contribution >= 4 is 46.8 Å². The Hall–Kier alpha value is 0.561. The van der Waals surface area contributed by atoms with Crippen LogP contribution in [0.5, 0.6) is 0 Å². The molecular weight excluding hydrogens is 545 g/mol. The largest absolute Gasteiger partial charge is 0.411 e. The van der Waals surface area contributed by atoms with E-state index in [0.29, 0.717) is 0 Å². The molecule has 7 heteroatoms. The molecule has 0 aromatic heterocycles. The van der Waals surface area contributed by atoms with Crippen molar-refractivity contribution in [1.82, 2.24) is 0 Å². The maximum absolute atomic E-state index is 7.24. The third kappa shape index (κ3) is 9.03. The van der Waals surface area contributed by atoms with Crippen LogP contribution in [0, 0.1) is 16.5 Å². The lowest BCUT2D eigenvalue weighted by molar-refractivity contribution is 0.116.